The first-order valence-electron chi connectivity index (χ1n) is 8.84. The topological polar surface area (TPSA) is 46.2 Å². The third-order valence-electron chi connectivity index (χ3n) is 4.81. The summed E-state index contributed by atoms with van der Waals surface area (Å²) in [5.41, 5.74) is 0.132. The van der Waals surface area contributed by atoms with Crippen molar-refractivity contribution in [2.75, 3.05) is 5.32 Å². The van der Waals surface area contributed by atoms with Crippen molar-refractivity contribution < 1.29 is 31.5 Å². The molecule has 1 fully saturated rings. The van der Waals surface area contributed by atoms with Crippen LogP contribution < -0.4 is 5.32 Å². The Morgan fingerprint density at radius 1 is 1.03 bits per heavy atom. The van der Waals surface area contributed by atoms with Crippen molar-refractivity contribution in [3.63, 3.8) is 0 Å². The number of hydrogen-bond donors (Lipinski definition) is 1. The fourth-order valence-electron chi connectivity index (χ4n) is 3.20. The highest BCUT2D eigenvalue weighted by Gasteiger charge is 2.67. The minimum absolute atomic E-state index is 0.0692. The van der Waals surface area contributed by atoms with Crippen LogP contribution in [0.25, 0.3) is 0 Å². The molecule has 1 N–H and O–H groups in total. The van der Waals surface area contributed by atoms with Gasteiger partial charge in [0.05, 0.1) is 17.4 Å². The van der Waals surface area contributed by atoms with Gasteiger partial charge in [0.1, 0.15) is 4.33 Å². The van der Waals surface area contributed by atoms with Crippen molar-refractivity contribution >= 4 is 52.2 Å². The van der Waals surface area contributed by atoms with Gasteiger partial charge in [0.15, 0.2) is 17.4 Å². The molecule has 1 amide bonds. The maximum absolute atomic E-state index is 13.5. The number of benzene rings is 2. The largest absolute Gasteiger partial charge is 0.389 e. The molecule has 1 saturated carbocycles. The predicted octanol–water partition coefficient (Wildman–Crippen LogP) is 6.67. The van der Waals surface area contributed by atoms with E-state index in [1.165, 1.54) is 18.2 Å². The number of nitrogens with one attached hydrogen (secondary N) is 1. The normalized spacial score (nSPS) is 19.7. The monoisotopic (exact) mass is 499 g/mol. The van der Waals surface area contributed by atoms with Crippen molar-refractivity contribution in [2.45, 2.75) is 29.3 Å². The van der Waals surface area contributed by atoms with Crippen molar-refractivity contribution in [1.29, 1.82) is 0 Å². The number of rotatable bonds is 6. The first kappa shape index (κ1) is 23.8. The molecular formula is C20H13Cl3F5NO2. The molecule has 0 bridgehead atoms. The van der Waals surface area contributed by atoms with Gasteiger partial charge in [0.2, 0.25) is 5.91 Å². The molecule has 0 unspecified atom stereocenters. The predicted molar refractivity (Wildman–Crippen MR) is 107 cm³/mol. The Morgan fingerprint density at radius 2 is 1.71 bits per heavy atom. The summed E-state index contributed by atoms with van der Waals surface area (Å²) < 4.78 is 62.2. The van der Waals surface area contributed by atoms with E-state index in [0.29, 0.717) is 0 Å². The van der Waals surface area contributed by atoms with E-state index < -0.39 is 58.5 Å². The van der Waals surface area contributed by atoms with Gasteiger partial charge in [-0.05, 0) is 35.9 Å². The summed E-state index contributed by atoms with van der Waals surface area (Å²) in [5.74, 6) is -5.52. The molecular weight excluding hydrogens is 488 g/mol. The minimum atomic E-state index is -4.50. The summed E-state index contributed by atoms with van der Waals surface area (Å²) in [6, 6.07) is 6.80. The Balaban J connectivity index is 1.74. The lowest BCUT2D eigenvalue weighted by Crippen LogP contribution is -2.17. The van der Waals surface area contributed by atoms with Gasteiger partial charge in [-0.2, -0.15) is 13.2 Å². The SMILES string of the molecule is O=C(CCC(F)(F)F)c1cc(NC(=O)[C@@H]2[C@@H](c3ccc(F)c(F)c3)C2(Cl)Cl)ccc1Cl. The van der Waals surface area contributed by atoms with Crippen LogP contribution in [0.15, 0.2) is 36.4 Å². The first-order valence-corrected chi connectivity index (χ1v) is 9.98. The molecule has 2 aromatic rings. The lowest BCUT2D eigenvalue weighted by Gasteiger charge is -2.10. The zero-order valence-corrected chi connectivity index (χ0v) is 17.6. The summed E-state index contributed by atoms with van der Waals surface area (Å²) in [6.07, 6.45) is -6.61. The summed E-state index contributed by atoms with van der Waals surface area (Å²) in [5, 5.41) is 2.40. The van der Waals surface area contributed by atoms with Crippen LogP contribution in [-0.2, 0) is 4.79 Å². The maximum atomic E-state index is 13.5. The third kappa shape index (κ3) is 5.30. The molecule has 0 aliphatic heterocycles. The Kier molecular flexibility index (Phi) is 6.56. The van der Waals surface area contributed by atoms with Crippen LogP contribution in [0.1, 0.15) is 34.7 Å². The molecule has 3 nitrogen and oxygen atoms in total. The Bertz CT molecular complexity index is 1040. The highest BCUT2D eigenvalue weighted by atomic mass is 35.5. The van der Waals surface area contributed by atoms with Gasteiger partial charge < -0.3 is 5.32 Å². The number of ketones is 1. The molecule has 1 aliphatic rings. The van der Waals surface area contributed by atoms with E-state index in [0.717, 1.165) is 18.2 Å². The molecule has 0 radical (unpaired) electrons. The van der Waals surface area contributed by atoms with Crippen LogP contribution in [0.5, 0.6) is 0 Å². The van der Waals surface area contributed by atoms with E-state index in [-0.39, 0.29) is 21.8 Å². The third-order valence-corrected chi connectivity index (χ3v) is 6.08. The van der Waals surface area contributed by atoms with Crippen molar-refractivity contribution in [1.82, 2.24) is 0 Å². The smallest absolute Gasteiger partial charge is 0.326 e. The average molecular weight is 501 g/mol. The van der Waals surface area contributed by atoms with Gasteiger partial charge in [-0.15, -0.1) is 23.2 Å². The van der Waals surface area contributed by atoms with Gasteiger partial charge in [-0.1, -0.05) is 17.7 Å². The molecule has 11 heteroatoms. The van der Waals surface area contributed by atoms with Crippen LogP contribution in [0.2, 0.25) is 5.02 Å². The van der Waals surface area contributed by atoms with E-state index >= 15 is 0 Å². The molecule has 31 heavy (non-hydrogen) atoms. The van der Waals surface area contributed by atoms with Crippen LogP contribution in [0.3, 0.4) is 0 Å². The van der Waals surface area contributed by atoms with Crippen LogP contribution in [-0.4, -0.2) is 22.2 Å². The van der Waals surface area contributed by atoms with Gasteiger partial charge in [0.25, 0.3) is 0 Å². The van der Waals surface area contributed by atoms with E-state index in [1.54, 1.807) is 0 Å². The molecule has 0 spiro atoms. The fourth-order valence-corrected chi connectivity index (χ4v) is 4.25. The fraction of sp³-hybridized carbons (Fsp3) is 0.300. The summed E-state index contributed by atoms with van der Waals surface area (Å²) in [6.45, 7) is 0. The van der Waals surface area contributed by atoms with Crippen molar-refractivity contribution in [3.8, 4) is 0 Å². The number of carbonyl (C=O) groups is 2. The number of carbonyl (C=O) groups excluding carboxylic acids is 2. The van der Waals surface area contributed by atoms with Gasteiger partial charge in [-0.25, -0.2) is 8.78 Å². The van der Waals surface area contributed by atoms with E-state index in [4.69, 9.17) is 34.8 Å². The first-order chi connectivity index (χ1) is 14.3. The maximum Gasteiger partial charge on any atom is 0.389 e. The Hall–Kier alpha value is -1.90. The molecule has 166 valence electrons. The van der Waals surface area contributed by atoms with Crippen LogP contribution in [0, 0.1) is 17.6 Å². The van der Waals surface area contributed by atoms with Gasteiger partial charge >= 0.3 is 6.18 Å². The van der Waals surface area contributed by atoms with Crippen LogP contribution in [0.4, 0.5) is 27.6 Å². The van der Waals surface area contributed by atoms with Crippen LogP contribution >= 0.6 is 34.8 Å². The number of alkyl halides is 5. The quantitative estimate of drug-likeness (QED) is 0.274. The van der Waals surface area contributed by atoms with E-state index in [2.05, 4.69) is 5.32 Å². The zero-order valence-electron chi connectivity index (χ0n) is 15.4. The Morgan fingerprint density at radius 3 is 2.32 bits per heavy atom. The molecule has 0 saturated heterocycles. The number of halogens is 8. The summed E-state index contributed by atoms with van der Waals surface area (Å²) >= 11 is 18.2. The average Bonchev–Trinajstić information content (AvgIpc) is 3.25. The Labute approximate surface area is 188 Å². The zero-order chi connectivity index (χ0) is 23.1. The van der Waals surface area contributed by atoms with Crippen molar-refractivity contribution in [2.24, 2.45) is 5.92 Å². The number of amides is 1. The molecule has 0 aromatic heterocycles. The molecule has 2 atom stereocenters. The lowest BCUT2D eigenvalue weighted by atomic mass is 10.1. The van der Waals surface area contributed by atoms with E-state index in [1.807, 2.05) is 0 Å². The molecule has 3 rings (SSSR count). The van der Waals surface area contributed by atoms with Gasteiger partial charge in [-0.3, -0.25) is 9.59 Å². The standard InChI is InChI=1S/C20H13Cl3F5NO2/c21-12-3-2-10(8-11(12)15(30)5-6-19(26,27)28)29-18(31)17-16(20(17,22)23)9-1-4-13(24)14(25)7-9/h1-4,7-8,16-17H,5-6H2,(H,29,31)/t16-,17+/m1/s1. The van der Waals surface area contributed by atoms with Crippen molar-refractivity contribution in [3.05, 3.63) is 64.2 Å². The molecule has 1 aliphatic carbocycles. The second-order valence-corrected chi connectivity index (χ2v) is 8.88. The molecule has 0 heterocycles. The number of Topliss-reactive ketones (excluding diaryl/α,β-unsaturated/α-hetero) is 1. The molecule has 2 aromatic carbocycles. The highest BCUT2D eigenvalue weighted by Crippen LogP contribution is 2.65. The second kappa shape index (κ2) is 8.56. The van der Waals surface area contributed by atoms with E-state index in [9.17, 15) is 31.5 Å². The number of anilines is 1. The number of hydrogen-bond acceptors (Lipinski definition) is 2. The summed E-state index contributed by atoms with van der Waals surface area (Å²) in [4.78, 5) is 24.7. The highest BCUT2D eigenvalue weighted by molar-refractivity contribution is 6.53. The lowest BCUT2D eigenvalue weighted by molar-refractivity contribution is -0.133. The minimum Gasteiger partial charge on any atom is -0.326 e. The summed E-state index contributed by atoms with van der Waals surface area (Å²) in [7, 11) is 0. The second-order valence-electron chi connectivity index (χ2n) is 7.03. The van der Waals surface area contributed by atoms with Gasteiger partial charge in [0, 0.05) is 23.6 Å².